The molecule has 3 heterocycles. The van der Waals surface area contributed by atoms with Gasteiger partial charge in [0, 0.05) is 36.6 Å². The molecule has 2 aromatic carbocycles. The molecule has 0 bridgehead atoms. The summed E-state index contributed by atoms with van der Waals surface area (Å²) in [6, 6.07) is 18.1. The fraction of sp³-hybridized carbons (Fsp3) is 0.0370. The Morgan fingerprint density at radius 3 is 2.49 bits per heavy atom. The molecule has 10 nitrogen and oxygen atoms in total. The number of carbonyl (C=O) groups is 1. The van der Waals surface area contributed by atoms with E-state index in [0.717, 1.165) is 0 Å². The molecule has 37 heavy (non-hydrogen) atoms. The highest BCUT2D eigenvalue weighted by Gasteiger charge is 2.19. The molecule has 0 aliphatic heterocycles. The van der Waals surface area contributed by atoms with Crippen LogP contribution in [0.2, 0.25) is 0 Å². The maximum atomic E-state index is 13.2. The van der Waals surface area contributed by atoms with Crippen LogP contribution in [0.15, 0.2) is 90.1 Å². The lowest BCUT2D eigenvalue weighted by atomic mass is 10.2. The maximum Gasteiger partial charge on any atom is 0.270 e. The highest BCUT2D eigenvalue weighted by Crippen LogP contribution is 2.35. The molecule has 0 saturated carbocycles. The lowest BCUT2D eigenvalue weighted by molar-refractivity contribution is 0.102. The number of aromatic hydroxyl groups is 2. The van der Waals surface area contributed by atoms with E-state index in [2.05, 4.69) is 20.6 Å². The van der Waals surface area contributed by atoms with Crippen LogP contribution in [-0.2, 0) is 0 Å². The van der Waals surface area contributed by atoms with Crippen LogP contribution in [0.3, 0.4) is 0 Å². The van der Waals surface area contributed by atoms with E-state index in [1.807, 2.05) is 18.2 Å². The molecule has 0 aliphatic carbocycles. The molecule has 0 aliphatic rings. The summed E-state index contributed by atoms with van der Waals surface area (Å²) in [5, 5.41) is 25.6. The molecule has 4 N–H and O–H groups in total. The molecule has 0 unspecified atom stereocenters. The van der Waals surface area contributed by atoms with Gasteiger partial charge in [0.2, 0.25) is 0 Å². The number of nitrogens with zero attached hydrogens (tertiary/aromatic N) is 3. The van der Waals surface area contributed by atoms with Crippen molar-refractivity contribution in [2.75, 3.05) is 17.7 Å². The van der Waals surface area contributed by atoms with Gasteiger partial charge in [-0.05, 0) is 42.5 Å². The lowest BCUT2D eigenvalue weighted by Gasteiger charge is -2.13. The van der Waals surface area contributed by atoms with Gasteiger partial charge in [-0.1, -0.05) is 18.2 Å². The molecule has 0 radical (unpaired) electrons. The minimum Gasteiger partial charge on any atom is -0.504 e. The van der Waals surface area contributed by atoms with Gasteiger partial charge in [-0.2, -0.15) is 0 Å². The van der Waals surface area contributed by atoms with Crippen molar-refractivity contribution >= 4 is 28.3 Å². The molecule has 0 saturated heterocycles. The van der Waals surface area contributed by atoms with E-state index in [1.165, 1.54) is 35.2 Å². The second kappa shape index (κ2) is 9.70. The van der Waals surface area contributed by atoms with Gasteiger partial charge in [-0.25, -0.2) is 4.98 Å². The Kier molecular flexibility index (Phi) is 6.13. The summed E-state index contributed by atoms with van der Waals surface area (Å²) >= 11 is 0. The summed E-state index contributed by atoms with van der Waals surface area (Å²) in [5.41, 5.74) is 0.926. The zero-order chi connectivity index (χ0) is 25.9. The first-order chi connectivity index (χ1) is 17.9. The Hall–Kier alpha value is -5.38. The van der Waals surface area contributed by atoms with Crippen LogP contribution in [0.5, 0.6) is 23.0 Å². The number of anilines is 2. The van der Waals surface area contributed by atoms with Gasteiger partial charge in [-0.15, -0.1) is 0 Å². The van der Waals surface area contributed by atoms with Crippen molar-refractivity contribution in [3.05, 3.63) is 101 Å². The third-order valence-electron chi connectivity index (χ3n) is 5.63. The first kappa shape index (κ1) is 23.4. The largest absolute Gasteiger partial charge is 0.504 e. The van der Waals surface area contributed by atoms with Crippen LogP contribution in [0.4, 0.5) is 11.5 Å². The van der Waals surface area contributed by atoms with E-state index >= 15 is 0 Å². The van der Waals surface area contributed by atoms with Gasteiger partial charge >= 0.3 is 0 Å². The number of fused-ring (bicyclic) bond motifs is 1. The monoisotopic (exact) mass is 495 g/mol. The maximum absolute atomic E-state index is 13.2. The van der Waals surface area contributed by atoms with Gasteiger partial charge in [-0.3, -0.25) is 19.1 Å². The van der Waals surface area contributed by atoms with E-state index in [9.17, 15) is 19.8 Å². The summed E-state index contributed by atoms with van der Waals surface area (Å²) in [6.45, 7) is 0. The minimum atomic E-state index is -0.615. The number of para-hydroxylation sites is 1. The second-order valence-corrected chi connectivity index (χ2v) is 7.97. The van der Waals surface area contributed by atoms with Gasteiger partial charge in [0.1, 0.15) is 22.9 Å². The number of pyridine rings is 3. The summed E-state index contributed by atoms with van der Waals surface area (Å²) in [6.07, 6.45) is 4.53. The summed E-state index contributed by atoms with van der Waals surface area (Å²) in [4.78, 5) is 34.7. The van der Waals surface area contributed by atoms with Crippen molar-refractivity contribution in [2.24, 2.45) is 0 Å². The average Bonchev–Trinajstić information content (AvgIpc) is 2.91. The number of carbonyl (C=O) groups excluding carboxylic acids is 1. The zero-order valence-electron chi connectivity index (χ0n) is 19.5. The van der Waals surface area contributed by atoms with Crippen molar-refractivity contribution in [1.29, 1.82) is 0 Å². The molecule has 3 aromatic heterocycles. The Labute approximate surface area is 210 Å². The first-order valence-corrected chi connectivity index (χ1v) is 11.2. The number of aromatic nitrogens is 3. The van der Waals surface area contributed by atoms with Crippen LogP contribution in [0, 0.1) is 0 Å². The van der Waals surface area contributed by atoms with Crippen LogP contribution >= 0.6 is 0 Å². The van der Waals surface area contributed by atoms with E-state index in [-0.39, 0.29) is 22.9 Å². The van der Waals surface area contributed by atoms with Crippen LogP contribution < -0.4 is 20.9 Å². The summed E-state index contributed by atoms with van der Waals surface area (Å²) in [7, 11) is 1.63. The predicted octanol–water partition coefficient (Wildman–Crippen LogP) is 4.28. The van der Waals surface area contributed by atoms with Gasteiger partial charge in [0.15, 0.2) is 11.5 Å². The van der Waals surface area contributed by atoms with Crippen molar-refractivity contribution in [3.8, 4) is 28.7 Å². The first-order valence-electron chi connectivity index (χ1n) is 11.2. The molecule has 5 aromatic rings. The Morgan fingerprint density at radius 2 is 1.76 bits per heavy atom. The van der Waals surface area contributed by atoms with E-state index in [0.29, 0.717) is 33.8 Å². The predicted molar refractivity (Wildman–Crippen MR) is 139 cm³/mol. The number of rotatable bonds is 6. The number of nitrogens with one attached hydrogen (secondary N) is 2. The number of hydrogen-bond donors (Lipinski definition) is 4. The number of ether oxygens (including phenoxy) is 1. The molecule has 0 spiro atoms. The molecule has 10 heteroatoms. The number of phenolic OH excluding ortho intramolecular Hbond substituents is 2. The van der Waals surface area contributed by atoms with E-state index in [4.69, 9.17) is 4.74 Å². The van der Waals surface area contributed by atoms with Crippen LogP contribution in [-0.4, -0.2) is 37.7 Å². The molecular formula is C27H21N5O5. The van der Waals surface area contributed by atoms with Crippen LogP contribution in [0.1, 0.15) is 10.4 Å². The fourth-order valence-corrected chi connectivity index (χ4v) is 3.81. The van der Waals surface area contributed by atoms with Crippen molar-refractivity contribution in [1.82, 2.24) is 14.5 Å². The number of benzene rings is 2. The van der Waals surface area contributed by atoms with Crippen molar-refractivity contribution in [3.63, 3.8) is 0 Å². The Balaban J connectivity index is 1.38. The number of hydrogen-bond acceptors (Lipinski definition) is 8. The Morgan fingerprint density at radius 1 is 0.973 bits per heavy atom. The smallest absolute Gasteiger partial charge is 0.270 e. The molecule has 0 fully saturated rings. The number of amides is 1. The molecule has 0 atom stereocenters. The normalized spacial score (nSPS) is 10.7. The van der Waals surface area contributed by atoms with Gasteiger partial charge in [0.05, 0.1) is 17.4 Å². The third kappa shape index (κ3) is 4.63. The quantitative estimate of drug-likeness (QED) is 0.256. The Bertz CT molecular complexity index is 1670. The third-order valence-corrected chi connectivity index (χ3v) is 5.63. The molecular weight excluding hydrogens is 474 g/mol. The average molecular weight is 495 g/mol. The van der Waals surface area contributed by atoms with Gasteiger partial charge < -0.3 is 25.6 Å². The second-order valence-electron chi connectivity index (χ2n) is 7.97. The van der Waals surface area contributed by atoms with Crippen LogP contribution in [0.25, 0.3) is 16.6 Å². The summed E-state index contributed by atoms with van der Waals surface area (Å²) in [5.74, 6) is -0.223. The van der Waals surface area contributed by atoms with Crippen molar-refractivity contribution < 1.29 is 19.7 Å². The lowest BCUT2D eigenvalue weighted by Crippen LogP contribution is -2.29. The zero-order valence-corrected chi connectivity index (χ0v) is 19.5. The molecule has 1 amide bonds. The summed E-state index contributed by atoms with van der Waals surface area (Å²) < 4.78 is 7.28. The molecule has 5 rings (SSSR count). The van der Waals surface area contributed by atoms with Crippen molar-refractivity contribution in [2.45, 2.75) is 0 Å². The van der Waals surface area contributed by atoms with E-state index < -0.39 is 11.5 Å². The fourth-order valence-electron chi connectivity index (χ4n) is 3.81. The SMILES string of the molecule is CNc1ccn(-c2ccccc2)c(=O)c1C(=O)Nc1ccc(Oc2ccnc3cc(O)c(O)cc23)cn1. The standard InChI is InChI=1S/C27H21N5O5/c1-28-19-10-12-32(16-5-3-2-4-6-16)27(36)25(19)26(35)31-24-8-7-17(15-30-24)37-23-9-11-29-20-14-22(34)21(33)13-18(20)23/h2-15,28,33-34H,1H3,(H,30,31,35). The topological polar surface area (TPSA) is 139 Å². The highest BCUT2D eigenvalue weighted by atomic mass is 16.5. The van der Waals surface area contributed by atoms with E-state index in [1.54, 1.807) is 43.6 Å². The molecule has 184 valence electrons. The highest BCUT2D eigenvalue weighted by molar-refractivity contribution is 6.07. The number of phenols is 2. The minimum absolute atomic E-state index is 0.0534. The van der Waals surface area contributed by atoms with Gasteiger partial charge in [0.25, 0.3) is 11.5 Å².